The molecule has 1 N–H and O–H groups in total. The summed E-state index contributed by atoms with van der Waals surface area (Å²) < 4.78 is 1.79. The lowest BCUT2D eigenvalue weighted by Crippen LogP contribution is -2.18. The third-order valence-corrected chi connectivity index (χ3v) is 2.24. The number of aromatic nitrogens is 3. The van der Waals surface area contributed by atoms with Gasteiger partial charge in [-0.15, -0.1) is 5.10 Å². The average molecular weight is 235 g/mol. The second kappa shape index (κ2) is 6.81. The molecule has 0 aliphatic carbocycles. The van der Waals surface area contributed by atoms with Gasteiger partial charge in [-0.25, -0.2) is 0 Å². The Morgan fingerprint density at radius 2 is 2.43 bits per heavy atom. The highest BCUT2D eigenvalue weighted by molar-refractivity contribution is 6.36. The summed E-state index contributed by atoms with van der Waals surface area (Å²) in [7, 11) is 0. The first-order valence-corrected chi connectivity index (χ1v) is 5.14. The molecule has 6 heteroatoms. The Hall–Kier alpha value is -0.580. The van der Waals surface area contributed by atoms with Crippen molar-refractivity contribution in [1.82, 2.24) is 20.3 Å². The Balaban J connectivity index is 2.00. The lowest BCUT2D eigenvalue weighted by Gasteiger charge is -2.02. The molecule has 0 aliphatic rings. The largest absolute Gasteiger partial charge is 0.312 e. The van der Waals surface area contributed by atoms with Gasteiger partial charge in [0.2, 0.25) is 0 Å². The summed E-state index contributed by atoms with van der Waals surface area (Å²) in [4.78, 5) is 0. The quantitative estimate of drug-likeness (QED) is 0.761. The van der Waals surface area contributed by atoms with Crippen molar-refractivity contribution in [3.8, 4) is 0 Å². The van der Waals surface area contributed by atoms with Crippen LogP contribution in [-0.4, -0.2) is 28.1 Å². The van der Waals surface area contributed by atoms with Crippen LogP contribution in [0.5, 0.6) is 0 Å². The van der Waals surface area contributed by atoms with Gasteiger partial charge in [-0.1, -0.05) is 28.4 Å². The van der Waals surface area contributed by atoms with Crippen molar-refractivity contribution in [1.29, 1.82) is 0 Å². The molecule has 0 aliphatic heterocycles. The fourth-order valence-corrected chi connectivity index (χ4v) is 1.14. The van der Waals surface area contributed by atoms with Crippen LogP contribution < -0.4 is 5.32 Å². The van der Waals surface area contributed by atoms with E-state index in [9.17, 15) is 0 Å². The molecule has 1 heterocycles. The van der Waals surface area contributed by atoms with E-state index >= 15 is 0 Å². The molecule has 14 heavy (non-hydrogen) atoms. The Bertz CT molecular complexity index is 271. The van der Waals surface area contributed by atoms with Crippen molar-refractivity contribution >= 4 is 23.2 Å². The normalized spacial score (nSPS) is 12.0. The second-order valence-electron chi connectivity index (χ2n) is 2.75. The van der Waals surface area contributed by atoms with Crippen LogP contribution in [0.3, 0.4) is 0 Å². The summed E-state index contributed by atoms with van der Waals surface area (Å²) in [5.74, 6) is 0. The number of aryl methyl sites for hydroxylation is 1. The molecule has 0 atom stereocenters. The maximum atomic E-state index is 5.68. The molecule has 0 spiro atoms. The molecule has 0 radical (unpaired) electrons. The molecule has 1 aromatic heterocycles. The molecular formula is C8H12Cl2N4. The van der Waals surface area contributed by atoms with Gasteiger partial charge < -0.3 is 5.32 Å². The van der Waals surface area contributed by atoms with Gasteiger partial charge in [0.1, 0.15) is 0 Å². The number of hydrogen-bond acceptors (Lipinski definition) is 3. The third kappa shape index (κ3) is 4.60. The smallest absolute Gasteiger partial charge is 0.0692 e. The first kappa shape index (κ1) is 11.5. The van der Waals surface area contributed by atoms with Gasteiger partial charge in [-0.2, -0.15) is 0 Å². The minimum absolute atomic E-state index is 0.614. The van der Waals surface area contributed by atoms with Crippen LogP contribution in [0.4, 0.5) is 0 Å². The SMILES string of the molecule is Cl/C=C(/Cl)CNCCCn1ccnn1. The van der Waals surface area contributed by atoms with Crippen LogP contribution in [0.15, 0.2) is 23.0 Å². The van der Waals surface area contributed by atoms with Crippen molar-refractivity contribution in [2.75, 3.05) is 13.1 Å². The molecule has 0 fully saturated rings. The number of hydrogen-bond donors (Lipinski definition) is 1. The maximum Gasteiger partial charge on any atom is 0.0692 e. The Labute approximate surface area is 92.9 Å². The number of halogens is 2. The fourth-order valence-electron chi connectivity index (χ4n) is 0.964. The standard InChI is InChI=1S/C8H12Cl2N4/c9-6-8(10)7-11-2-1-4-14-5-3-12-13-14/h3,5-6,11H,1-2,4,7H2/b8-6+. The van der Waals surface area contributed by atoms with Crippen LogP contribution in [0.1, 0.15) is 6.42 Å². The van der Waals surface area contributed by atoms with E-state index in [4.69, 9.17) is 23.2 Å². The van der Waals surface area contributed by atoms with E-state index in [1.807, 2.05) is 6.20 Å². The van der Waals surface area contributed by atoms with E-state index in [1.54, 1.807) is 10.9 Å². The zero-order valence-electron chi connectivity index (χ0n) is 7.66. The van der Waals surface area contributed by atoms with Gasteiger partial charge >= 0.3 is 0 Å². The van der Waals surface area contributed by atoms with Gasteiger partial charge in [0.25, 0.3) is 0 Å². The molecule has 0 bridgehead atoms. The second-order valence-corrected chi connectivity index (χ2v) is 3.46. The predicted molar refractivity (Wildman–Crippen MR) is 57.3 cm³/mol. The summed E-state index contributed by atoms with van der Waals surface area (Å²) in [5, 5.41) is 11.3. The molecule has 0 aromatic carbocycles. The van der Waals surface area contributed by atoms with Gasteiger partial charge in [0.05, 0.1) is 6.20 Å². The van der Waals surface area contributed by atoms with E-state index in [2.05, 4.69) is 15.6 Å². The molecule has 1 rings (SSSR count). The average Bonchev–Trinajstić information content (AvgIpc) is 2.69. The number of nitrogens with zero attached hydrogens (tertiary/aromatic N) is 3. The molecule has 0 amide bonds. The Kier molecular flexibility index (Phi) is 5.59. The number of rotatable bonds is 6. The van der Waals surface area contributed by atoms with E-state index in [1.165, 1.54) is 5.54 Å². The van der Waals surface area contributed by atoms with E-state index in [0.717, 1.165) is 19.5 Å². The summed E-state index contributed by atoms with van der Waals surface area (Å²) in [5.41, 5.74) is 1.37. The third-order valence-electron chi connectivity index (χ3n) is 1.62. The zero-order valence-corrected chi connectivity index (χ0v) is 9.17. The van der Waals surface area contributed by atoms with Crippen LogP contribution in [0, 0.1) is 0 Å². The molecule has 0 unspecified atom stereocenters. The summed E-state index contributed by atoms with van der Waals surface area (Å²) >= 11 is 11.1. The number of nitrogens with one attached hydrogen (secondary N) is 1. The lowest BCUT2D eigenvalue weighted by atomic mass is 10.4. The van der Waals surface area contributed by atoms with E-state index in [0.29, 0.717) is 11.6 Å². The molecular weight excluding hydrogens is 223 g/mol. The van der Waals surface area contributed by atoms with Crippen LogP contribution in [0.2, 0.25) is 0 Å². The topological polar surface area (TPSA) is 42.7 Å². The molecule has 1 aromatic rings. The van der Waals surface area contributed by atoms with Gasteiger partial charge in [0, 0.05) is 29.9 Å². The molecule has 4 nitrogen and oxygen atoms in total. The van der Waals surface area contributed by atoms with Crippen molar-refractivity contribution in [3.63, 3.8) is 0 Å². The Morgan fingerprint density at radius 1 is 1.57 bits per heavy atom. The van der Waals surface area contributed by atoms with Crippen molar-refractivity contribution < 1.29 is 0 Å². The van der Waals surface area contributed by atoms with E-state index < -0.39 is 0 Å². The van der Waals surface area contributed by atoms with Gasteiger partial charge in [-0.3, -0.25) is 4.68 Å². The highest BCUT2D eigenvalue weighted by atomic mass is 35.5. The van der Waals surface area contributed by atoms with Crippen molar-refractivity contribution in [2.45, 2.75) is 13.0 Å². The highest BCUT2D eigenvalue weighted by Gasteiger charge is 1.93. The van der Waals surface area contributed by atoms with Crippen molar-refractivity contribution in [3.05, 3.63) is 23.0 Å². The first-order valence-electron chi connectivity index (χ1n) is 4.32. The van der Waals surface area contributed by atoms with Crippen LogP contribution >= 0.6 is 23.2 Å². The molecule has 0 saturated heterocycles. The van der Waals surface area contributed by atoms with E-state index in [-0.39, 0.29) is 0 Å². The minimum Gasteiger partial charge on any atom is -0.312 e. The first-order chi connectivity index (χ1) is 6.83. The summed E-state index contributed by atoms with van der Waals surface area (Å²) in [6, 6.07) is 0. The zero-order chi connectivity index (χ0) is 10.2. The highest BCUT2D eigenvalue weighted by Crippen LogP contribution is 2.00. The predicted octanol–water partition coefficient (Wildman–Crippen LogP) is 1.58. The summed E-state index contributed by atoms with van der Waals surface area (Å²) in [6.07, 6.45) is 4.49. The van der Waals surface area contributed by atoms with Crippen LogP contribution in [-0.2, 0) is 6.54 Å². The van der Waals surface area contributed by atoms with Gasteiger partial charge in [-0.05, 0) is 13.0 Å². The summed E-state index contributed by atoms with van der Waals surface area (Å²) in [6.45, 7) is 2.35. The molecule has 0 saturated carbocycles. The van der Waals surface area contributed by atoms with Gasteiger partial charge in [0.15, 0.2) is 0 Å². The monoisotopic (exact) mass is 234 g/mol. The fraction of sp³-hybridized carbons (Fsp3) is 0.500. The van der Waals surface area contributed by atoms with Crippen molar-refractivity contribution in [2.24, 2.45) is 0 Å². The van der Waals surface area contributed by atoms with Crippen LogP contribution in [0.25, 0.3) is 0 Å². The lowest BCUT2D eigenvalue weighted by molar-refractivity contribution is 0.539. The molecule has 78 valence electrons. The Morgan fingerprint density at radius 3 is 3.07 bits per heavy atom. The maximum absolute atomic E-state index is 5.68. The minimum atomic E-state index is 0.614.